The van der Waals surface area contributed by atoms with Gasteiger partial charge in [0.05, 0.1) is 0 Å². The van der Waals surface area contributed by atoms with Gasteiger partial charge in [-0.25, -0.2) is 5.48 Å². The van der Waals surface area contributed by atoms with Gasteiger partial charge in [-0.15, -0.1) is 0 Å². The molecule has 1 amide bonds. The number of aromatic nitrogens is 1. The summed E-state index contributed by atoms with van der Waals surface area (Å²) in [5.41, 5.74) is 4.38. The molecule has 0 spiro atoms. The Kier molecular flexibility index (Phi) is 5.49. The predicted molar refractivity (Wildman–Crippen MR) is 88.1 cm³/mol. The van der Waals surface area contributed by atoms with Crippen LogP contribution in [0.5, 0.6) is 0 Å². The van der Waals surface area contributed by atoms with Crippen LogP contribution in [0.4, 0.5) is 0 Å². The summed E-state index contributed by atoms with van der Waals surface area (Å²) in [6, 6.07) is 11.3. The summed E-state index contributed by atoms with van der Waals surface area (Å²) in [7, 11) is 1.81. The van der Waals surface area contributed by atoms with Crippen LogP contribution in [0.3, 0.4) is 0 Å². The third kappa shape index (κ3) is 4.17. The Hall–Kier alpha value is -2.66. The Morgan fingerprint density at radius 2 is 1.96 bits per heavy atom. The number of amides is 1. The zero-order chi connectivity index (χ0) is 16.8. The van der Waals surface area contributed by atoms with Crippen LogP contribution in [0.25, 0.3) is 6.08 Å². The maximum absolute atomic E-state index is 12.4. The number of hydrogen-bond acceptors (Lipinski definition) is 3. The minimum Gasteiger partial charge on any atom is -0.350 e. The molecule has 0 aliphatic heterocycles. The number of rotatable bonds is 6. The first-order valence-electron chi connectivity index (χ1n) is 7.43. The van der Waals surface area contributed by atoms with E-state index in [1.54, 1.807) is 28.4 Å². The number of carbonyl (C=O) groups is 2. The molecule has 2 rings (SSSR count). The van der Waals surface area contributed by atoms with Crippen molar-refractivity contribution in [2.24, 2.45) is 7.05 Å². The molecule has 1 heterocycles. The fourth-order valence-corrected chi connectivity index (χ4v) is 2.34. The molecule has 0 saturated heterocycles. The molecule has 0 unspecified atom stereocenters. The average molecular weight is 312 g/mol. The second kappa shape index (κ2) is 7.56. The van der Waals surface area contributed by atoms with Gasteiger partial charge in [-0.2, -0.15) is 0 Å². The molecule has 0 radical (unpaired) electrons. The topological polar surface area (TPSA) is 71.3 Å². The highest BCUT2D eigenvalue weighted by Crippen LogP contribution is 2.15. The van der Waals surface area contributed by atoms with E-state index in [9.17, 15) is 9.59 Å². The van der Waals surface area contributed by atoms with Gasteiger partial charge in [0.25, 0.3) is 5.91 Å². The SMILES string of the molecule is CC/C(=C\c1cc(C(=O)Cc2ccccc2)cn1C)C(=O)NO. The number of nitrogens with one attached hydrogen (secondary N) is 1. The van der Waals surface area contributed by atoms with Crippen molar-refractivity contribution in [3.05, 3.63) is 65.0 Å². The van der Waals surface area contributed by atoms with Crippen LogP contribution in [-0.2, 0) is 18.3 Å². The molecule has 0 fully saturated rings. The van der Waals surface area contributed by atoms with Gasteiger partial charge >= 0.3 is 0 Å². The Morgan fingerprint density at radius 1 is 1.26 bits per heavy atom. The van der Waals surface area contributed by atoms with Gasteiger partial charge in [0.1, 0.15) is 0 Å². The van der Waals surface area contributed by atoms with Gasteiger partial charge in [-0.1, -0.05) is 37.3 Å². The average Bonchev–Trinajstić information content (AvgIpc) is 2.93. The summed E-state index contributed by atoms with van der Waals surface area (Å²) >= 11 is 0. The number of aryl methyl sites for hydroxylation is 1. The van der Waals surface area contributed by atoms with Crippen molar-refractivity contribution >= 4 is 17.8 Å². The van der Waals surface area contributed by atoms with Crippen LogP contribution in [0, 0.1) is 0 Å². The number of benzene rings is 1. The van der Waals surface area contributed by atoms with Gasteiger partial charge in [0, 0.05) is 36.5 Å². The summed E-state index contributed by atoms with van der Waals surface area (Å²) in [4.78, 5) is 23.9. The number of nitrogens with zero attached hydrogens (tertiary/aromatic N) is 1. The van der Waals surface area contributed by atoms with Crippen LogP contribution in [0.1, 0.15) is 35.0 Å². The van der Waals surface area contributed by atoms with Crippen LogP contribution in [0.2, 0.25) is 0 Å². The standard InChI is InChI=1S/C18H20N2O3/c1-3-14(18(22)19-23)10-16-11-15(12-20(16)2)17(21)9-13-7-5-4-6-8-13/h4-8,10-12,23H,3,9H2,1-2H3,(H,19,22)/b14-10+. The van der Waals surface area contributed by atoms with Crippen LogP contribution < -0.4 is 5.48 Å². The summed E-state index contributed by atoms with van der Waals surface area (Å²) < 4.78 is 1.79. The largest absolute Gasteiger partial charge is 0.350 e. The number of ketones is 1. The molecule has 1 aromatic heterocycles. The predicted octanol–water partition coefficient (Wildman–Crippen LogP) is 2.75. The van der Waals surface area contributed by atoms with E-state index < -0.39 is 5.91 Å². The number of hydroxylamine groups is 1. The van der Waals surface area contributed by atoms with Crippen molar-refractivity contribution in [3.63, 3.8) is 0 Å². The van der Waals surface area contributed by atoms with Crippen molar-refractivity contribution < 1.29 is 14.8 Å². The van der Waals surface area contributed by atoms with Gasteiger partial charge in [-0.3, -0.25) is 14.8 Å². The smallest absolute Gasteiger partial charge is 0.270 e. The van der Waals surface area contributed by atoms with Gasteiger partial charge in [-0.05, 0) is 24.1 Å². The molecule has 5 heteroatoms. The summed E-state index contributed by atoms with van der Waals surface area (Å²) in [6.07, 6.45) is 4.24. The number of hydrogen-bond donors (Lipinski definition) is 2. The normalized spacial score (nSPS) is 11.3. The van der Waals surface area contributed by atoms with Gasteiger partial charge in [0.15, 0.2) is 5.78 Å². The highest BCUT2D eigenvalue weighted by atomic mass is 16.5. The quantitative estimate of drug-likeness (QED) is 0.373. The second-order valence-electron chi connectivity index (χ2n) is 5.31. The van der Waals surface area contributed by atoms with Crippen LogP contribution >= 0.6 is 0 Å². The van der Waals surface area contributed by atoms with E-state index >= 15 is 0 Å². The Bertz CT molecular complexity index is 730. The monoisotopic (exact) mass is 312 g/mol. The molecule has 0 aliphatic rings. The summed E-state index contributed by atoms with van der Waals surface area (Å²) in [5.74, 6) is -0.512. The van der Waals surface area contributed by atoms with Gasteiger partial charge in [0.2, 0.25) is 0 Å². The van der Waals surface area contributed by atoms with Crippen LogP contribution in [0.15, 0.2) is 48.2 Å². The molecular formula is C18H20N2O3. The lowest BCUT2D eigenvalue weighted by Gasteiger charge is -2.02. The highest BCUT2D eigenvalue weighted by molar-refractivity contribution is 5.99. The molecule has 2 N–H and O–H groups in total. The molecule has 23 heavy (non-hydrogen) atoms. The van der Waals surface area contributed by atoms with E-state index in [4.69, 9.17) is 5.21 Å². The zero-order valence-electron chi connectivity index (χ0n) is 13.2. The molecular weight excluding hydrogens is 292 g/mol. The first-order valence-corrected chi connectivity index (χ1v) is 7.43. The second-order valence-corrected chi connectivity index (χ2v) is 5.31. The molecule has 2 aromatic rings. The molecule has 120 valence electrons. The van der Waals surface area contributed by atoms with E-state index in [1.807, 2.05) is 44.3 Å². The molecule has 0 atom stereocenters. The Morgan fingerprint density at radius 3 is 2.57 bits per heavy atom. The molecule has 1 aromatic carbocycles. The maximum atomic E-state index is 12.4. The Balaban J connectivity index is 2.22. The molecule has 0 saturated carbocycles. The lowest BCUT2D eigenvalue weighted by Crippen LogP contribution is -2.20. The fourth-order valence-electron chi connectivity index (χ4n) is 2.34. The fraction of sp³-hybridized carbons (Fsp3) is 0.222. The van der Waals surface area contributed by atoms with E-state index in [-0.39, 0.29) is 5.78 Å². The van der Waals surface area contributed by atoms with Crippen LogP contribution in [-0.4, -0.2) is 21.5 Å². The number of Topliss-reactive ketones (excluding diaryl/α,β-unsaturated/α-hetero) is 1. The molecule has 0 bridgehead atoms. The minimum atomic E-state index is -0.536. The van der Waals surface area contributed by atoms with E-state index in [0.29, 0.717) is 24.0 Å². The zero-order valence-corrected chi connectivity index (χ0v) is 13.2. The van der Waals surface area contributed by atoms with Crippen molar-refractivity contribution in [2.45, 2.75) is 19.8 Å². The first kappa shape index (κ1) is 16.7. The number of carbonyl (C=O) groups excluding carboxylic acids is 2. The van der Waals surface area contributed by atoms with Crippen molar-refractivity contribution in [3.8, 4) is 0 Å². The minimum absolute atomic E-state index is 0.0242. The Labute approximate surface area is 135 Å². The third-order valence-electron chi connectivity index (χ3n) is 3.67. The van der Waals surface area contributed by atoms with Gasteiger partial charge < -0.3 is 4.57 Å². The summed E-state index contributed by atoms with van der Waals surface area (Å²) in [6.45, 7) is 1.82. The van der Waals surface area contributed by atoms with E-state index in [2.05, 4.69) is 0 Å². The van der Waals surface area contributed by atoms with E-state index in [0.717, 1.165) is 11.3 Å². The molecule has 5 nitrogen and oxygen atoms in total. The third-order valence-corrected chi connectivity index (χ3v) is 3.67. The first-order chi connectivity index (χ1) is 11.0. The highest BCUT2D eigenvalue weighted by Gasteiger charge is 2.12. The lowest BCUT2D eigenvalue weighted by atomic mass is 10.0. The van der Waals surface area contributed by atoms with Crippen molar-refractivity contribution in [1.29, 1.82) is 0 Å². The lowest BCUT2D eigenvalue weighted by molar-refractivity contribution is -0.125. The molecule has 0 aliphatic carbocycles. The van der Waals surface area contributed by atoms with E-state index in [1.165, 1.54) is 0 Å². The summed E-state index contributed by atoms with van der Waals surface area (Å²) in [5, 5.41) is 8.74. The van der Waals surface area contributed by atoms with Crippen molar-refractivity contribution in [2.75, 3.05) is 0 Å². The van der Waals surface area contributed by atoms with Crippen molar-refractivity contribution in [1.82, 2.24) is 10.0 Å². The maximum Gasteiger partial charge on any atom is 0.270 e.